The number of hydrogen-bond acceptors (Lipinski definition) is 3. The lowest BCUT2D eigenvalue weighted by Crippen LogP contribution is -2.46. The highest BCUT2D eigenvalue weighted by Crippen LogP contribution is 2.34. The zero-order chi connectivity index (χ0) is 13.0. The average molecular weight is 249 g/mol. The number of ether oxygens (including phenoxy) is 1. The SMILES string of the molecule is COc1ccccc1C(C)(O)C1CCCCCN1. The molecular formula is C15H23NO2. The largest absolute Gasteiger partial charge is 0.496 e. The molecule has 0 aliphatic carbocycles. The van der Waals surface area contributed by atoms with Crippen molar-refractivity contribution in [1.82, 2.24) is 5.32 Å². The normalized spacial score (nSPS) is 24.1. The minimum atomic E-state index is -0.892. The van der Waals surface area contributed by atoms with Gasteiger partial charge in [0, 0.05) is 11.6 Å². The smallest absolute Gasteiger partial charge is 0.124 e. The Balaban J connectivity index is 2.27. The number of methoxy groups -OCH3 is 1. The maximum Gasteiger partial charge on any atom is 0.124 e. The first-order chi connectivity index (χ1) is 8.66. The molecule has 1 aromatic rings. The Bertz CT molecular complexity index is 382. The van der Waals surface area contributed by atoms with E-state index in [2.05, 4.69) is 5.32 Å². The van der Waals surface area contributed by atoms with Gasteiger partial charge in [-0.05, 0) is 32.4 Å². The summed E-state index contributed by atoms with van der Waals surface area (Å²) < 4.78 is 5.37. The third-order valence-electron chi connectivity index (χ3n) is 3.89. The summed E-state index contributed by atoms with van der Waals surface area (Å²) in [4.78, 5) is 0. The van der Waals surface area contributed by atoms with Crippen LogP contribution in [0.5, 0.6) is 5.75 Å². The summed E-state index contributed by atoms with van der Waals surface area (Å²) in [7, 11) is 1.65. The van der Waals surface area contributed by atoms with E-state index in [9.17, 15) is 5.11 Å². The molecule has 1 fully saturated rings. The second-order valence-corrected chi connectivity index (χ2v) is 5.20. The van der Waals surface area contributed by atoms with E-state index in [-0.39, 0.29) is 6.04 Å². The third-order valence-corrected chi connectivity index (χ3v) is 3.89. The fraction of sp³-hybridized carbons (Fsp3) is 0.600. The predicted molar refractivity (Wildman–Crippen MR) is 72.8 cm³/mol. The first-order valence-corrected chi connectivity index (χ1v) is 6.75. The van der Waals surface area contributed by atoms with Crippen molar-refractivity contribution in [1.29, 1.82) is 0 Å². The van der Waals surface area contributed by atoms with Crippen LogP contribution in [-0.2, 0) is 5.60 Å². The highest BCUT2D eigenvalue weighted by Gasteiger charge is 2.35. The summed E-state index contributed by atoms with van der Waals surface area (Å²) in [6, 6.07) is 7.82. The molecule has 1 aromatic carbocycles. The van der Waals surface area contributed by atoms with Crippen LogP contribution < -0.4 is 10.1 Å². The van der Waals surface area contributed by atoms with E-state index >= 15 is 0 Å². The van der Waals surface area contributed by atoms with E-state index < -0.39 is 5.60 Å². The molecule has 0 amide bonds. The van der Waals surface area contributed by atoms with E-state index in [1.807, 2.05) is 31.2 Å². The molecule has 2 rings (SSSR count). The molecule has 0 saturated carbocycles. The van der Waals surface area contributed by atoms with Crippen molar-refractivity contribution in [2.75, 3.05) is 13.7 Å². The summed E-state index contributed by atoms with van der Waals surface area (Å²) in [6.07, 6.45) is 4.61. The summed E-state index contributed by atoms with van der Waals surface area (Å²) in [5, 5.41) is 14.4. The van der Waals surface area contributed by atoms with Crippen molar-refractivity contribution in [2.45, 2.75) is 44.2 Å². The van der Waals surface area contributed by atoms with Crippen molar-refractivity contribution in [3.05, 3.63) is 29.8 Å². The van der Waals surface area contributed by atoms with Crippen LogP contribution in [-0.4, -0.2) is 24.8 Å². The molecule has 18 heavy (non-hydrogen) atoms. The Kier molecular flexibility index (Phi) is 4.25. The number of aliphatic hydroxyl groups is 1. The average Bonchev–Trinajstić information content (AvgIpc) is 2.68. The molecule has 1 aliphatic heterocycles. The van der Waals surface area contributed by atoms with Gasteiger partial charge in [-0.15, -0.1) is 0 Å². The van der Waals surface area contributed by atoms with Gasteiger partial charge in [0.2, 0.25) is 0 Å². The molecule has 2 atom stereocenters. The van der Waals surface area contributed by atoms with Crippen LogP contribution in [0.3, 0.4) is 0 Å². The topological polar surface area (TPSA) is 41.5 Å². The lowest BCUT2D eigenvalue weighted by atomic mass is 9.85. The Morgan fingerprint density at radius 2 is 2.06 bits per heavy atom. The molecule has 1 heterocycles. The van der Waals surface area contributed by atoms with Gasteiger partial charge in [-0.3, -0.25) is 0 Å². The molecule has 3 heteroatoms. The summed E-state index contributed by atoms with van der Waals surface area (Å²) in [5.74, 6) is 0.758. The monoisotopic (exact) mass is 249 g/mol. The second kappa shape index (κ2) is 5.72. The molecule has 100 valence electrons. The molecule has 0 bridgehead atoms. The highest BCUT2D eigenvalue weighted by atomic mass is 16.5. The highest BCUT2D eigenvalue weighted by molar-refractivity contribution is 5.38. The summed E-state index contributed by atoms with van der Waals surface area (Å²) >= 11 is 0. The molecule has 2 unspecified atom stereocenters. The van der Waals surface area contributed by atoms with Crippen LogP contribution in [0.1, 0.15) is 38.2 Å². The van der Waals surface area contributed by atoms with Crippen LogP contribution in [0.2, 0.25) is 0 Å². The first-order valence-electron chi connectivity index (χ1n) is 6.75. The number of nitrogens with one attached hydrogen (secondary N) is 1. The summed E-state index contributed by atoms with van der Waals surface area (Å²) in [6.45, 7) is 2.86. The Labute approximate surface area is 109 Å². The minimum Gasteiger partial charge on any atom is -0.496 e. The second-order valence-electron chi connectivity index (χ2n) is 5.20. The Morgan fingerprint density at radius 3 is 2.83 bits per heavy atom. The standard InChI is InChI=1S/C15H23NO2/c1-15(17,14-10-4-3-7-11-16-14)12-8-5-6-9-13(12)18-2/h5-6,8-9,14,16-17H,3-4,7,10-11H2,1-2H3. The van der Waals surface area contributed by atoms with Gasteiger partial charge in [0.15, 0.2) is 0 Å². The maximum atomic E-state index is 10.9. The molecule has 1 aliphatic rings. The lowest BCUT2D eigenvalue weighted by molar-refractivity contribution is 0.0115. The van der Waals surface area contributed by atoms with Crippen LogP contribution in [0.25, 0.3) is 0 Å². The van der Waals surface area contributed by atoms with Gasteiger partial charge in [-0.1, -0.05) is 31.0 Å². The van der Waals surface area contributed by atoms with Gasteiger partial charge < -0.3 is 15.2 Å². The van der Waals surface area contributed by atoms with E-state index in [1.54, 1.807) is 7.11 Å². The Hall–Kier alpha value is -1.06. The molecule has 3 nitrogen and oxygen atoms in total. The van der Waals surface area contributed by atoms with Crippen LogP contribution in [0.15, 0.2) is 24.3 Å². The van der Waals surface area contributed by atoms with Crippen LogP contribution in [0.4, 0.5) is 0 Å². The number of para-hydroxylation sites is 1. The quantitative estimate of drug-likeness (QED) is 0.864. The van der Waals surface area contributed by atoms with Crippen molar-refractivity contribution in [2.24, 2.45) is 0 Å². The fourth-order valence-corrected chi connectivity index (χ4v) is 2.76. The zero-order valence-corrected chi connectivity index (χ0v) is 11.3. The first kappa shape index (κ1) is 13.4. The van der Waals surface area contributed by atoms with Gasteiger partial charge in [0.1, 0.15) is 11.4 Å². The van der Waals surface area contributed by atoms with Gasteiger partial charge in [0.25, 0.3) is 0 Å². The van der Waals surface area contributed by atoms with Gasteiger partial charge in [-0.2, -0.15) is 0 Å². The molecule has 2 N–H and O–H groups in total. The van der Waals surface area contributed by atoms with Crippen molar-refractivity contribution in [3.8, 4) is 5.75 Å². The third kappa shape index (κ3) is 2.68. The molecule has 0 spiro atoms. The minimum absolute atomic E-state index is 0.0938. The van der Waals surface area contributed by atoms with Gasteiger partial charge in [0.05, 0.1) is 7.11 Å². The van der Waals surface area contributed by atoms with Gasteiger partial charge in [-0.25, -0.2) is 0 Å². The molecule has 0 aromatic heterocycles. The van der Waals surface area contributed by atoms with Crippen LogP contribution in [0, 0.1) is 0 Å². The van der Waals surface area contributed by atoms with Crippen molar-refractivity contribution in [3.63, 3.8) is 0 Å². The molecule has 1 saturated heterocycles. The maximum absolute atomic E-state index is 10.9. The number of hydrogen-bond donors (Lipinski definition) is 2. The fourth-order valence-electron chi connectivity index (χ4n) is 2.76. The van der Waals surface area contributed by atoms with E-state index in [4.69, 9.17) is 4.74 Å². The van der Waals surface area contributed by atoms with Crippen molar-refractivity contribution < 1.29 is 9.84 Å². The van der Waals surface area contributed by atoms with E-state index in [0.717, 1.165) is 24.3 Å². The van der Waals surface area contributed by atoms with E-state index in [1.165, 1.54) is 19.3 Å². The van der Waals surface area contributed by atoms with Gasteiger partial charge >= 0.3 is 0 Å². The van der Waals surface area contributed by atoms with E-state index in [0.29, 0.717) is 0 Å². The molecular weight excluding hydrogens is 226 g/mol. The number of rotatable bonds is 3. The summed E-state index contributed by atoms with van der Waals surface area (Å²) in [5.41, 5.74) is -0.0244. The Morgan fingerprint density at radius 1 is 1.28 bits per heavy atom. The predicted octanol–water partition coefficient (Wildman–Crippen LogP) is 2.43. The number of benzene rings is 1. The molecule has 0 radical (unpaired) electrons. The lowest BCUT2D eigenvalue weighted by Gasteiger charge is -2.34. The van der Waals surface area contributed by atoms with Crippen LogP contribution >= 0.6 is 0 Å². The van der Waals surface area contributed by atoms with Crippen molar-refractivity contribution >= 4 is 0 Å². The zero-order valence-electron chi connectivity index (χ0n) is 11.3.